The number of amides is 1. The van der Waals surface area contributed by atoms with Gasteiger partial charge in [-0.25, -0.2) is 5.43 Å². The van der Waals surface area contributed by atoms with E-state index in [9.17, 15) is 9.90 Å². The molecule has 0 aliphatic carbocycles. The number of hydrogen-bond donors (Lipinski definition) is 2. The zero-order chi connectivity index (χ0) is 15.2. The molecule has 2 rings (SSSR count). The predicted octanol–water partition coefficient (Wildman–Crippen LogP) is 2.93. The van der Waals surface area contributed by atoms with Crippen molar-refractivity contribution in [2.24, 2.45) is 5.10 Å². The van der Waals surface area contributed by atoms with Crippen LogP contribution in [0.1, 0.15) is 15.9 Å². The van der Waals surface area contributed by atoms with Crippen LogP contribution >= 0.6 is 15.9 Å². The molecule has 0 saturated heterocycles. The van der Waals surface area contributed by atoms with Gasteiger partial charge in [-0.1, -0.05) is 12.1 Å². The van der Waals surface area contributed by atoms with Crippen molar-refractivity contribution in [3.8, 4) is 11.5 Å². The maximum atomic E-state index is 12.0. The van der Waals surface area contributed by atoms with Crippen LogP contribution in [0.3, 0.4) is 0 Å². The number of benzene rings is 2. The zero-order valence-electron chi connectivity index (χ0n) is 11.2. The fourth-order valence-corrected chi connectivity index (χ4v) is 2.06. The van der Waals surface area contributed by atoms with Gasteiger partial charge in [0.15, 0.2) is 0 Å². The van der Waals surface area contributed by atoms with Crippen molar-refractivity contribution in [2.45, 2.75) is 0 Å². The topological polar surface area (TPSA) is 70.9 Å². The van der Waals surface area contributed by atoms with Crippen molar-refractivity contribution in [3.63, 3.8) is 0 Å². The molecule has 0 spiro atoms. The Morgan fingerprint density at radius 2 is 2.10 bits per heavy atom. The molecule has 2 N–H and O–H groups in total. The molecule has 0 atom stereocenters. The van der Waals surface area contributed by atoms with Gasteiger partial charge in [0, 0.05) is 0 Å². The van der Waals surface area contributed by atoms with Gasteiger partial charge >= 0.3 is 0 Å². The molecule has 0 saturated carbocycles. The van der Waals surface area contributed by atoms with Crippen molar-refractivity contribution in [1.82, 2.24) is 5.43 Å². The molecule has 2 aromatic carbocycles. The summed E-state index contributed by atoms with van der Waals surface area (Å²) in [5.41, 5.74) is 3.57. The minimum Gasteiger partial charge on any atom is -0.507 e. The molecule has 108 valence electrons. The predicted molar refractivity (Wildman–Crippen MR) is 83.9 cm³/mol. The quantitative estimate of drug-likeness (QED) is 0.659. The third-order valence-corrected chi connectivity index (χ3v) is 3.34. The van der Waals surface area contributed by atoms with E-state index < -0.39 is 0 Å². The number of hydrogen-bond acceptors (Lipinski definition) is 4. The third kappa shape index (κ3) is 3.82. The summed E-state index contributed by atoms with van der Waals surface area (Å²) >= 11 is 3.21. The minimum absolute atomic E-state index is 0.144. The molecule has 0 radical (unpaired) electrons. The number of phenols is 1. The first-order valence-electron chi connectivity index (χ1n) is 6.06. The van der Waals surface area contributed by atoms with Gasteiger partial charge in [0.1, 0.15) is 11.5 Å². The molecule has 0 bridgehead atoms. The monoisotopic (exact) mass is 348 g/mol. The standard InChI is InChI=1S/C15H13BrN2O3/c1-21-14-5-3-2-4-11(14)15(20)18-17-9-10-6-7-13(19)12(16)8-10/h2-9,19H,1H3,(H,18,20). The molecular weight excluding hydrogens is 336 g/mol. The summed E-state index contributed by atoms with van der Waals surface area (Å²) in [4.78, 5) is 12.0. The van der Waals surface area contributed by atoms with Gasteiger partial charge < -0.3 is 9.84 Å². The Bertz CT molecular complexity index is 686. The number of phenolic OH excluding ortho intramolecular Hbond substituents is 1. The van der Waals surface area contributed by atoms with E-state index in [0.29, 0.717) is 15.8 Å². The zero-order valence-corrected chi connectivity index (χ0v) is 12.8. The normalized spacial score (nSPS) is 10.6. The lowest BCUT2D eigenvalue weighted by atomic mass is 10.2. The summed E-state index contributed by atoms with van der Waals surface area (Å²) in [6, 6.07) is 11.8. The fraction of sp³-hybridized carbons (Fsp3) is 0.0667. The van der Waals surface area contributed by atoms with Crippen molar-refractivity contribution in [2.75, 3.05) is 7.11 Å². The fourth-order valence-electron chi connectivity index (χ4n) is 1.66. The largest absolute Gasteiger partial charge is 0.507 e. The number of nitrogens with one attached hydrogen (secondary N) is 1. The first kappa shape index (κ1) is 15.1. The van der Waals surface area contributed by atoms with Crippen molar-refractivity contribution in [3.05, 3.63) is 58.1 Å². The second kappa shape index (κ2) is 6.90. The molecule has 2 aromatic rings. The van der Waals surface area contributed by atoms with E-state index in [1.165, 1.54) is 19.4 Å². The number of methoxy groups -OCH3 is 1. The highest BCUT2D eigenvalue weighted by atomic mass is 79.9. The Morgan fingerprint density at radius 1 is 1.33 bits per heavy atom. The molecule has 0 aromatic heterocycles. The summed E-state index contributed by atoms with van der Waals surface area (Å²) in [5, 5.41) is 13.3. The SMILES string of the molecule is COc1ccccc1C(=O)NN=Cc1ccc(O)c(Br)c1. The van der Waals surface area contributed by atoms with Gasteiger partial charge in [0.25, 0.3) is 5.91 Å². The van der Waals surface area contributed by atoms with E-state index in [1.807, 2.05) is 0 Å². The lowest BCUT2D eigenvalue weighted by Crippen LogP contribution is -2.18. The van der Waals surface area contributed by atoms with Crippen LogP contribution in [0.15, 0.2) is 52.0 Å². The van der Waals surface area contributed by atoms with E-state index in [0.717, 1.165) is 5.56 Å². The van der Waals surface area contributed by atoms with Crippen LogP contribution in [-0.2, 0) is 0 Å². The molecule has 21 heavy (non-hydrogen) atoms. The van der Waals surface area contributed by atoms with Crippen LogP contribution in [0.25, 0.3) is 0 Å². The summed E-state index contributed by atoms with van der Waals surface area (Å²) in [5.74, 6) is 0.268. The van der Waals surface area contributed by atoms with Gasteiger partial charge in [0.05, 0.1) is 23.4 Å². The van der Waals surface area contributed by atoms with E-state index >= 15 is 0 Å². The van der Waals surface area contributed by atoms with Crippen molar-refractivity contribution < 1.29 is 14.6 Å². The lowest BCUT2D eigenvalue weighted by molar-refractivity contribution is 0.0952. The van der Waals surface area contributed by atoms with Crippen LogP contribution in [0.4, 0.5) is 0 Å². The van der Waals surface area contributed by atoms with Crippen LogP contribution in [0.2, 0.25) is 0 Å². The summed E-state index contributed by atoms with van der Waals surface area (Å²) in [6.45, 7) is 0. The highest BCUT2D eigenvalue weighted by molar-refractivity contribution is 9.10. The third-order valence-electron chi connectivity index (χ3n) is 2.70. The molecule has 0 unspecified atom stereocenters. The Hall–Kier alpha value is -2.34. The number of halogens is 1. The van der Waals surface area contributed by atoms with E-state index in [1.54, 1.807) is 36.4 Å². The lowest BCUT2D eigenvalue weighted by Gasteiger charge is -2.06. The number of carbonyl (C=O) groups is 1. The van der Waals surface area contributed by atoms with Crippen molar-refractivity contribution >= 4 is 28.1 Å². The number of hydrazone groups is 1. The van der Waals surface area contributed by atoms with Gasteiger partial charge in [-0.15, -0.1) is 0 Å². The molecule has 5 nitrogen and oxygen atoms in total. The number of rotatable bonds is 4. The van der Waals surface area contributed by atoms with Crippen LogP contribution in [0, 0.1) is 0 Å². The maximum Gasteiger partial charge on any atom is 0.275 e. The second-order valence-electron chi connectivity index (χ2n) is 4.11. The Morgan fingerprint density at radius 3 is 2.81 bits per heavy atom. The average molecular weight is 349 g/mol. The summed E-state index contributed by atoms with van der Waals surface area (Å²) in [6.07, 6.45) is 1.48. The van der Waals surface area contributed by atoms with E-state index in [4.69, 9.17) is 4.74 Å². The Labute approximate surface area is 130 Å². The number of para-hydroxylation sites is 1. The molecule has 0 aliphatic rings. The Balaban J connectivity index is 2.06. The summed E-state index contributed by atoms with van der Waals surface area (Å²) < 4.78 is 5.67. The maximum absolute atomic E-state index is 12.0. The number of ether oxygens (including phenoxy) is 1. The van der Waals surface area contributed by atoms with Crippen LogP contribution in [-0.4, -0.2) is 24.3 Å². The second-order valence-corrected chi connectivity index (χ2v) is 4.96. The number of nitrogens with zero attached hydrogens (tertiary/aromatic N) is 1. The minimum atomic E-state index is -0.360. The van der Waals surface area contributed by atoms with Crippen molar-refractivity contribution in [1.29, 1.82) is 0 Å². The van der Waals surface area contributed by atoms with E-state index in [2.05, 4.69) is 26.5 Å². The Kier molecular flexibility index (Phi) is 4.94. The highest BCUT2D eigenvalue weighted by Crippen LogP contribution is 2.23. The number of aromatic hydroxyl groups is 1. The molecule has 0 fully saturated rings. The van der Waals surface area contributed by atoms with Crippen LogP contribution in [0.5, 0.6) is 11.5 Å². The van der Waals surface area contributed by atoms with Gasteiger partial charge in [-0.3, -0.25) is 4.79 Å². The first-order chi connectivity index (χ1) is 10.1. The highest BCUT2D eigenvalue weighted by Gasteiger charge is 2.09. The van der Waals surface area contributed by atoms with Gasteiger partial charge in [-0.05, 0) is 51.8 Å². The molecule has 0 heterocycles. The van der Waals surface area contributed by atoms with E-state index in [-0.39, 0.29) is 11.7 Å². The molecule has 6 heteroatoms. The smallest absolute Gasteiger partial charge is 0.275 e. The summed E-state index contributed by atoms with van der Waals surface area (Å²) in [7, 11) is 1.50. The molecular formula is C15H13BrN2O3. The molecule has 0 aliphatic heterocycles. The average Bonchev–Trinajstić information content (AvgIpc) is 2.50. The van der Waals surface area contributed by atoms with Gasteiger partial charge in [0.2, 0.25) is 0 Å². The first-order valence-corrected chi connectivity index (χ1v) is 6.86. The van der Waals surface area contributed by atoms with Gasteiger partial charge in [-0.2, -0.15) is 5.10 Å². The van der Waals surface area contributed by atoms with Crippen LogP contribution < -0.4 is 10.2 Å². The number of carbonyl (C=O) groups excluding carboxylic acids is 1. The molecule has 1 amide bonds.